The smallest absolute Gasteiger partial charge is 0.289 e. The highest BCUT2D eigenvalue weighted by molar-refractivity contribution is 5.95. The number of fused-ring (bicyclic) bond motifs is 1. The minimum Gasteiger partial charge on any atom is -0.459 e. The lowest BCUT2D eigenvalue weighted by molar-refractivity contribution is 0.0715. The number of benzene rings is 1. The fourth-order valence-corrected chi connectivity index (χ4v) is 4.34. The predicted octanol–water partition coefficient (Wildman–Crippen LogP) is 2.87. The van der Waals surface area contributed by atoms with Crippen molar-refractivity contribution in [3.8, 4) is 6.07 Å². The first-order valence-electron chi connectivity index (χ1n) is 10.7. The Morgan fingerprint density at radius 2 is 1.79 bits per heavy atom. The molecule has 1 aromatic carbocycles. The normalized spacial score (nSPS) is 13.8. The number of nitrogens with zero attached hydrogens (tertiary/aromatic N) is 5. The first kappa shape index (κ1) is 20.5. The summed E-state index contributed by atoms with van der Waals surface area (Å²) in [5.41, 5.74) is 2.13. The zero-order valence-electron chi connectivity index (χ0n) is 17.8. The van der Waals surface area contributed by atoms with Crippen LogP contribution < -0.4 is 10.5 Å². The van der Waals surface area contributed by atoms with E-state index in [0.717, 1.165) is 16.5 Å². The van der Waals surface area contributed by atoms with Crippen molar-refractivity contribution in [3.63, 3.8) is 0 Å². The number of nitriles is 1. The van der Waals surface area contributed by atoms with Gasteiger partial charge in [0.1, 0.15) is 11.6 Å². The van der Waals surface area contributed by atoms with Gasteiger partial charge >= 0.3 is 0 Å². The molecule has 1 saturated heterocycles. The average Bonchev–Trinajstić information content (AvgIpc) is 3.41. The van der Waals surface area contributed by atoms with Crippen molar-refractivity contribution in [2.75, 3.05) is 31.1 Å². The summed E-state index contributed by atoms with van der Waals surface area (Å²) in [5, 5.41) is 10.8. The molecule has 164 valence electrons. The van der Waals surface area contributed by atoms with E-state index in [4.69, 9.17) is 4.42 Å². The molecule has 5 rings (SSSR count). The molecule has 1 aliphatic heterocycles. The molecule has 3 aromatic heterocycles. The zero-order valence-corrected chi connectivity index (χ0v) is 17.8. The van der Waals surface area contributed by atoms with E-state index in [1.54, 1.807) is 34.0 Å². The van der Waals surface area contributed by atoms with E-state index in [1.165, 1.54) is 6.26 Å². The van der Waals surface area contributed by atoms with Crippen LogP contribution in [0.4, 0.5) is 5.69 Å². The summed E-state index contributed by atoms with van der Waals surface area (Å²) in [6.07, 6.45) is 4.85. The Hall–Kier alpha value is -4.38. The van der Waals surface area contributed by atoms with Crippen molar-refractivity contribution in [1.29, 1.82) is 5.26 Å². The molecule has 0 aliphatic carbocycles. The summed E-state index contributed by atoms with van der Waals surface area (Å²) in [4.78, 5) is 33.8. The number of furan rings is 1. The third-order valence-corrected chi connectivity index (χ3v) is 5.96. The van der Waals surface area contributed by atoms with Crippen LogP contribution in [-0.4, -0.2) is 46.5 Å². The molecular weight excluding hydrogens is 418 g/mol. The summed E-state index contributed by atoms with van der Waals surface area (Å²) < 4.78 is 6.88. The van der Waals surface area contributed by atoms with Gasteiger partial charge in [0.15, 0.2) is 5.76 Å². The average molecular weight is 439 g/mol. The summed E-state index contributed by atoms with van der Waals surface area (Å²) in [7, 11) is 0. The number of aromatic nitrogens is 2. The number of amides is 1. The molecule has 8 nitrogen and oxygen atoms in total. The number of carbonyl (C=O) groups excluding carboxylic acids is 1. The first-order chi connectivity index (χ1) is 16.2. The molecule has 0 atom stereocenters. The highest BCUT2D eigenvalue weighted by atomic mass is 16.3. The lowest BCUT2D eigenvalue weighted by atomic mass is 10.1. The monoisotopic (exact) mass is 439 g/mol. The van der Waals surface area contributed by atoms with Gasteiger partial charge in [-0.15, -0.1) is 0 Å². The number of piperazine rings is 1. The third-order valence-electron chi connectivity index (χ3n) is 5.96. The predicted molar refractivity (Wildman–Crippen MR) is 123 cm³/mol. The lowest BCUT2D eigenvalue weighted by Gasteiger charge is -2.36. The SMILES string of the molecule is N#Cc1c(N2CCN(C(=O)c3ccco3)CC2)c2ccccc2n(Cc2ccncc2)c1=O. The van der Waals surface area contributed by atoms with Crippen molar-refractivity contribution in [2.45, 2.75) is 6.54 Å². The minimum atomic E-state index is -0.322. The van der Waals surface area contributed by atoms with Crippen molar-refractivity contribution in [3.05, 3.63) is 94.4 Å². The standard InChI is InChI=1S/C25H21N5O3/c26-16-20-23(28-11-13-29(14-12-28)25(32)22-6-3-15-33-22)19-4-1-2-5-21(19)30(24(20)31)17-18-7-9-27-10-8-18/h1-10,15H,11-14,17H2. The Bertz CT molecular complexity index is 1400. The third kappa shape index (κ3) is 3.74. The summed E-state index contributed by atoms with van der Waals surface area (Å²) in [5.74, 6) is 0.156. The second-order valence-electron chi connectivity index (χ2n) is 7.86. The van der Waals surface area contributed by atoms with E-state index < -0.39 is 0 Å². The summed E-state index contributed by atoms with van der Waals surface area (Å²) in [6.45, 7) is 2.32. The Morgan fingerprint density at radius 1 is 1.03 bits per heavy atom. The van der Waals surface area contributed by atoms with E-state index in [0.29, 0.717) is 44.2 Å². The second kappa shape index (κ2) is 8.63. The van der Waals surface area contributed by atoms with E-state index in [1.807, 2.05) is 41.3 Å². The molecule has 1 fully saturated rings. The van der Waals surface area contributed by atoms with Crippen LogP contribution in [0.5, 0.6) is 0 Å². The van der Waals surface area contributed by atoms with E-state index in [-0.39, 0.29) is 17.0 Å². The van der Waals surface area contributed by atoms with Gasteiger partial charge in [-0.25, -0.2) is 0 Å². The van der Waals surface area contributed by atoms with Crippen molar-refractivity contribution in [1.82, 2.24) is 14.5 Å². The number of para-hydroxylation sites is 1. The zero-order chi connectivity index (χ0) is 22.8. The first-order valence-corrected chi connectivity index (χ1v) is 10.7. The summed E-state index contributed by atoms with van der Waals surface area (Å²) in [6, 6.07) is 16.8. The van der Waals surface area contributed by atoms with Gasteiger partial charge in [0.05, 0.1) is 24.0 Å². The quantitative estimate of drug-likeness (QED) is 0.485. The van der Waals surface area contributed by atoms with Crippen molar-refractivity contribution in [2.24, 2.45) is 0 Å². The Balaban J connectivity index is 1.52. The summed E-state index contributed by atoms with van der Waals surface area (Å²) >= 11 is 0. The fourth-order valence-electron chi connectivity index (χ4n) is 4.34. The highest BCUT2D eigenvalue weighted by Gasteiger charge is 2.27. The Morgan fingerprint density at radius 3 is 2.48 bits per heavy atom. The van der Waals surface area contributed by atoms with Crippen LogP contribution in [0.25, 0.3) is 10.9 Å². The molecule has 0 radical (unpaired) electrons. The van der Waals surface area contributed by atoms with Gasteiger partial charge in [-0.3, -0.25) is 14.6 Å². The number of rotatable bonds is 4. The molecule has 1 amide bonds. The highest BCUT2D eigenvalue weighted by Crippen LogP contribution is 2.30. The fraction of sp³-hybridized carbons (Fsp3) is 0.200. The largest absolute Gasteiger partial charge is 0.459 e. The van der Waals surface area contributed by atoms with Crippen LogP contribution in [-0.2, 0) is 6.54 Å². The number of pyridine rings is 2. The maximum absolute atomic E-state index is 13.4. The van der Waals surface area contributed by atoms with Crippen LogP contribution in [0.3, 0.4) is 0 Å². The van der Waals surface area contributed by atoms with Gasteiger partial charge < -0.3 is 18.8 Å². The van der Waals surface area contributed by atoms with Crippen molar-refractivity contribution >= 4 is 22.5 Å². The van der Waals surface area contributed by atoms with Crippen LogP contribution in [0, 0.1) is 11.3 Å². The van der Waals surface area contributed by atoms with Crippen LogP contribution >= 0.6 is 0 Å². The molecule has 1 aliphatic rings. The number of hydrogen-bond acceptors (Lipinski definition) is 6. The molecule has 4 aromatic rings. The molecule has 4 heterocycles. The Labute approximate surface area is 189 Å². The van der Waals surface area contributed by atoms with Gasteiger partial charge in [-0.05, 0) is 35.9 Å². The van der Waals surface area contributed by atoms with Gasteiger partial charge in [-0.2, -0.15) is 5.26 Å². The molecule has 0 spiro atoms. The van der Waals surface area contributed by atoms with Crippen LogP contribution in [0.2, 0.25) is 0 Å². The van der Waals surface area contributed by atoms with Gasteiger partial charge in [0.2, 0.25) is 0 Å². The second-order valence-corrected chi connectivity index (χ2v) is 7.86. The maximum atomic E-state index is 13.4. The van der Waals surface area contributed by atoms with E-state index in [9.17, 15) is 14.9 Å². The van der Waals surface area contributed by atoms with Crippen LogP contribution in [0.15, 0.2) is 76.4 Å². The van der Waals surface area contributed by atoms with Crippen LogP contribution in [0.1, 0.15) is 21.7 Å². The molecule has 0 unspecified atom stereocenters. The topological polar surface area (TPSA) is 95.4 Å². The Kier molecular flexibility index (Phi) is 5.37. The van der Waals surface area contributed by atoms with Gasteiger partial charge in [0, 0.05) is 44.0 Å². The lowest BCUT2D eigenvalue weighted by Crippen LogP contribution is -2.49. The molecular formula is C25H21N5O3. The number of carbonyl (C=O) groups is 1. The maximum Gasteiger partial charge on any atom is 0.289 e. The van der Waals surface area contributed by atoms with Gasteiger partial charge in [0.25, 0.3) is 11.5 Å². The van der Waals surface area contributed by atoms with Gasteiger partial charge in [-0.1, -0.05) is 18.2 Å². The minimum absolute atomic E-state index is 0.119. The number of hydrogen-bond donors (Lipinski definition) is 0. The van der Waals surface area contributed by atoms with Crippen molar-refractivity contribution < 1.29 is 9.21 Å². The van der Waals surface area contributed by atoms with E-state index >= 15 is 0 Å². The molecule has 0 N–H and O–H groups in total. The number of anilines is 1. The molecule has 8 heteroatoms. The molecule has 0 bridgehead atoms. The van der Waals surface area contributed by atoms with E-state index in [2.05, 4.69) is 11.1 Å². The molecule has 33 heavy (non-hydrogen) atoms. The molecule has 0 saturated carbocycles.